The van der Waals surface area contributed by atoms with Crippen LogP contribution in [-0.4, -0.2) is 44.2 Å². The molecular formula is C17H24BrNO3. The van der Waals surface area contributed by atoms with Crippen molar-refractivity contribution in [2.24, 2.45) is 5.92 Å². The molecule has 1 aliphatic rings. The number of likely N-dealkylation sites (tertiary alicyclic amines) is 1. The van der Waals surface area contributed by atoms with Crippen molar-refractivity contribution in [1.82, 2.24) is 4.90 Å². The molecule has 122 valence electrons. The molecule has 5 heteroatoms. The van der Waals surface area contributed by atoms with Crippen LogP contribution in [0.2, 0.25) is 0 Å². The average molecular weight is 370 g/mol. The molecule has 0 spiro atoms. The molecule has 2 rings (SSSR count). The van der Waals surface area contributed by atoms with Gasteiger partial charge in [-0.1, -0.05) is 22.0 Å². The molecule has 0 bridgehead atoms. The van der Waals surface area contributed by atoms with Gasteiger partial charge in [-0.2, -0.15) is 0 Å². The average Bonchev–Trinajstić information content (AvgIpc) is 2.55. The SMILES string of the molecule is COC(=O)C1CCN(CCCOc2cccc(Br)c2C)CC1. The number of ether oxygens (including phenoxy) is 2. The Balaban J connectivity index is 1.66. The van der Waals surface area contributed by atoms with E-state index in [2.05, 4.69) is 27.8 Å². The summed E-state index contributed by atoms with van der Waals surface area (Å²) in [6, 6.07) is 6.01. The van der Waals surface area contributed by atoms with E-state index in [0.717, 1.165) is 54.7 Å². The second-order valence-electron chi connectivity index (χ2n) is 5.70. The maximum Gasteiger partial charge on any atom is 0.308 e. The topological polar surface area (TPSA) is 38.8 Å². The van der Waals surface area contributed by atoms with Gasteiger partial charge < -0.3 is 14.4 Å². The van der Waals surface area contributed by atoms with Crippen LogP contribution in [-0.2, 0) is 9.53 Å². The van der Waals surface area contributed by atoms with Gasteiger partial charge in [-0.05, 0) is 51.4 Å². The molecule has 1 aliphatic heterocycles. The lowest BCUT2D eigenvalue weighted by molar-refractivity contribution is -0.147. The van der Waals surface area contributed by atoms with Crippen molar-refractivity contribution in [2.45, 2.75) is 26.2 Å². The highest BCUT2D eigenvalue weighted by Crippen LogP contribution is 2.25. The number of carbonyl (C=O) groups excluding carboxylic acids is 1. The number of nitrogens with zero attached hydrogens (tertiary/aromatic N) is 1. The number of hydrogen-bond acceptors (Lipinski definition) is 4. The number of halogens is 1. The highest BCUT2D eigenvalue weighted by Gasteiger charge is 2.25. The Bertz CT molecular complexity index is 499. The number of rotatable bonds is 6. The van der Waals surface area contributed by atoms with Gasteiger partial charge >= 0.3 is 5.97 Å². The van der Waals surface area contributed by atoms with Crippen molar-refractivity contribution >= 4 is 21.9 Å². The Morgan fingerprint density at radius 3 is 2.77 bits per heavy atom. The van der Waals surface area contributed by atoms with Crippen LogP contribution in [0, 0.1) is 12.8 Å². The van der Waals surface area contributed by atoms with E-state index in [0.29, 0.717) is 6.61 Å². The van der Waals surface area contributed by atoms with Gasteiger partial charge in [0.15, 0.2) is 0 Å². The van der Waals surface area contributed by atoms with E-state index in [1.807, 2.05) is 18.2 Å². The van der Waals surface area contributed by atoms with Gasteiger partial charge in [0, 0.05) is 16.6 Å². The van der Waals surface area contributed by atoms with Gasteiger partial charge in [-0.25, -0.2) is 0 Å². The summed E-state index contributed by atoms with van der Waals surface area (Å²) in [6.07, 6.45) is 2.80. The highest BCUT2D eigenvalue weighted by molar-refractivity contribution is 9.10. The first-order chi connectivity index (χ1) is 10.6. The molecule has 1 aromatic rings. The fourth-order valence-electron chi connectivity index (χ4n) is 2.77. The van der Waals surface area contributed by atoms with E-state index in [1.165, 1.54) is 7.11 Å². The Kier molecular flexibility index (Phi) is 6.70. The third kappa shape index (κ3) is 4.71. The molecule has 0 saturated carbocycles. The number of piperidine rings is 1. The lowest BCUT2D eigenvalue weighted by Gasteiger charge is -2.30. The van der Waals surface area contributed by atoms with Crippen LogP contribution in [0.3, 0.4) is 0 Å². The summed E-state index contributed by atoms with van der Waals surface area (Å²) in [6.45, 7) is 5.72. The number of esters is 1. The lowest BCUT2D eigenvalue weighted by Crippen LogP contribution is -2.37. The molecule has 1 saturated heterocycles. The molecule has 4 nitrogen and oxygen atoms in total. The molecule has 1 fully saturated rings. The zero-order valence-corrected chi connectivity index (χ0v) is 14.9. The fraction of sp³-hybridized carbons (Fsp3) is 0.588. The molecule has 1 heterocycles. The summed E-state index contributed by atoms with van der Waals surface area (Å²) in [5.41, 5.74) is 1.14. The van der Waals surface area contributed by atoms with Crippen LogP contribution in [0.4, 0.5) is 0 Å². The third-order valence-electron chi connectivity index (χ3n) is 4.22. The minimum atomic E-state index is -0.0619. The second kappa shape index (κ2) is 8.53. The summed E-state index contributed by atoms with van der Waals surface area (Å²) >= 11 is 3.51. The Labute approximate surface area is 140 Å². The van der Waals surface area contributed by atoms with Crippen LogP contribution in [0.25, 0.3) is 0 Å². The molecular weight excluding hydrogens is 346 g/mol. The lowest BCUT2D eigenvalue weighted by atomic mass is 9.97. The molecule has 0 radical (unpaired) electrons. The van der Waals surface area contributed by atoms with Crippen molar-refractivity contribution in [3.63, 3.8) is 0 Å². The van der Waals surface area contributed by atoms with E-state index in [1.54, 1.807) is 0 Å². The fourth-order valence-corrected chi connectivity index (χ4v) is 3.12. The van der Waals surface area contributed by atoms with Gasteiger partial charge in [0.1, 0.15) is 5.75 Å². The summed E-state index contributed by atoms with van der Waals surface area (Å²) in [5.74, 6) is 0.966. The predicted molar refractivity (Wildman–Crippen MR) is 90.2 cm³/mol. The predicted octanol–water partition coefficient (Wildman–Crippen LogP) is 3.41. The molecule has 1 aromatic carbocycles. The van der Waals surface area contributed by atoms with Gasteiger partial charge in [-0.3, -0.25) is 4.79 Å². The van der Waals surface area contributed by atoms with Gasteiger partial charge in [-0.15, -0.1) is 0 Å². The molecule has 0 amide bonds. The van der Waals surface area contributed by atoms with E-state index >= 15 is 0 Å². The molecule has 0 aromatic heterocycles. The molecule has 0 atom stereocenters. The van der Waals surface area contributed by atoms with Crippen molar-refractivity contribution < 1.29 is 14.3 Å². The minimum absolute atomic E-state index is 0.0619. The zero-order valence-electron chi connectivity index (χ0n) is 13.3. The summed E-state index contributed by atoms with van der Waals surface area (Å²) in [4.78, 5) is 13.9. The molecule has 22 heavy (non-hydrogen) atoms. The Hall–Kier alpha value is -1.07. The molecule has 0 unspecified atom stereocenters. The van der Waals surface area contributed by atoms with E-state index < -0.39 is 0 Å². The van der Waals surface area contributed by atoms with Crippen LogP contribution < -0.4 is 4.74 Å². The van der Waals surface area contributed by atoms with Crippen LogP contribution in [0.15, 0.2) is 22.7 Å². The number of methoxy groups -OCH3 is 1. The third-order valence-corrected chi connectivity index (χ3v) is 5.08. The monoisotopic (exact) mass is 369 g/mol. The normalized spacial score (nSPS) is 16.5. The van der Waals surface area contributed by atoms with E-state index in [4.69, 9.17) is 9.47 Å². The number of hydrogen-bond donors (Lipinski definition) is 0. The van der Waals surface area contributed by atoms with Crippen LogP contribution in [0.1, 0.15) is 24.8 Å². The standard InChI is InChI=1S/C17H24BrNO3/c1-13-15(18)5-3-6-16(13)22-12-4-9-19-10-7-14(8-11-19)17(20)21-2/h3,5-6,14H,4,7-12H2,1-2H3. The first kappa shape index (κ1) is 17.3. The first-order valence-electron chi connectivity index (χ1n) is 7.80. The Morgan fingerprint density at radius 2 is 2.09 bits per heavy atom. The van der Waals surface area contributed by atoms with Crippen molar-refractivity contribution in [3.8, 4) is 5.75 Å². The van der Waals surface area contributed by atoms with E-state index in [9.17, 15) is 4.79 Å². The van der Waals surface area contributed by atoms with Crippen LogP contribution in [0.5, 0.6) is 5.75 Å². The highest BCUT2D eigenvalue weighted by atomic mass is 79.9. The molecule has 0 aliphatic carbocycles. The van der Waals surface area contributed by atoms with Crippen LogP contribution >= 0.6 is 15.9 Å². The molecule has 0 N–H and O–H groups in total. The first-order valence-corrected chi connectivity index (χ1v) is 8.59. The van der Waals surface area contributed by atoms with Crippen molar-refractivity contribution in [3.05, 3.63) is 28.2 Å². The van der Waals surface area contributed by atoms with Crippen molar-refractivity contribution in [2.75, 3.05) is 33.4 Å². The Morgan fingerprint density at radius 1 is 1.36 bits per heavy atom. The summed E-state index contributed by atoms with van der Waals surface area (Å²) in [5, 5.41) is 0. The maximum absolute atomic E-state index is 11.5. The van der Waals surface area contributed by atoms with Gasteiger partial charge in [0.05, 0.1) is 19.6 Å². The summed E-state index contributed by atoms with van der Waals surface area (Å²) < 4.78 is 11.7. The number of carbonyl (C=O) groups is 1. The smallest absolute Gasteiger partial charge is 0.308 e. The quantitative estimate of drug-likeness (QED) is 0.568. The summed E-state index contributed by atoms with van der Waals surface area (Å²) in [7, 11) is 1.47. The largest absolute Gasteiger partial charge is 0.493 e. The number of benzene rings is 1. The van der Waals surface area contributed by atoms with Gasteiger partial charge in [0.25, 0.3) is 0 Å². The van der Waals surface area contributed by atoms with Gasteiger partial charge in [0.2, 0.25) is 0 Å². The second-order valence-corrected chi connectivity index (χ2v) is 6.56. The van der Waals surface area contributed by atoms with E-state index in [-0.39, 0.29) is 11.9 Å². The maximum atomic E-state index is 11.5. The zero-order chi connectivity index (χ0) is 15.9. The minimum Gasteiger partial charge on any atom is -0.493 e. The van der Waals surface area contributed by atoms with Crippen molar-refractivity contribution in [1.29, 1.82) is 0 Å².